The molecule has 2 aromatic rings. The lowest BCUT2D eigenvalue weighted by Gasteiger charge is -2.08. The maximum atomic E-state index is 4.73. The van der Waals surface area contributed by atoms with Gasteiger partial charge in [0.1, 0.15) is 0 Å². The molecule has 4 heteroatoms. The SMILES string of the molecule is CC(=N\n1c(C)cc(C)c1C)/C(C)=N/n1c(C)cc(C)c1C. The van der Waals surface area contributed by atoms with E-state index in [-0.39, 0.29) is 0 Å². The predicted molar refractivity (Wildman–Crippen MR) is 94.3 cm³/mol. The molecule has 0 aliphatic heterocycles. The zero-order valence-corrected chi connectivity index (χ0v) is 14.9. The van der Waals surface area contributed by atoms with Crippen LogP contribution in [0.15, 0.2) is 22.3 Å². The van der Waals surface area contributed by atoms with Crippen molar-refractivity contribution in [3.63, 3.8) is 0 Å². The van der Waals surface area contributed by atoms with Crippen molar-refractivity contribution >= 4 is 11.4 Å². The number of rotatable bonds is 3. The summed E-state index contributed by atoms with van der Waals surface area (Å²) in [5, 5.41) is 9.46. The fourth-order valence-corrected chi connectivity index (χ4v) is 2.57. The van der Waals surface area contributed by atoms with Crippen molar-refractivity contribution in [3.05, 3.63) is 46.0 Å². The van der Waals surface area contributed by atoms with E-state index in [0.29, 0.717) is 0 Å². The lowest BCUT2D eigenvalue weighted by Crippen LogP contribution is -2.12. The van der Waals surface area contributed by atoms with Crippen molar-refractivity contribution < 1.29 is 0 Å². The second-order valence-electron chi connectivity index (χ2n) is 6.10. The van der Waals surface area contributed by atoms with E-state index in [1.54, 1.807) is 0 Å². The number of hydrogen-bond donors (Lipinski definition) is 0. The highest BCUT2D eigenvalue weighted by atomic mass is 15.4. The Morgan fingerprint density at radius 3 is 1.23 bits per heavy atom. The molecule has 0 radical (unpaired) electrons. The maximum Gasteiger partial charge on any atom is 0.0812 e. The highest BCUT2D eigenvalue weighted by Gasteiger charge is 2.08. The van der Waals surface area contributed by atoms with Gasteiger partial charge in [-0.15, -0.1) is 0 Å². The van der Waals surface area contributed by atoms with Gasteiger partial charge in [-0.05, 0) is 78.6 Å². The Morgan fingerprint density at radius 2 is 1.00 bits per heavy atom. The van der Waals surface area contributed by atoms with E-state index < -0.39 is 0 Å². The highest BCUT2D eigenvalue weighted by molar-refractivity contribution is 6.40. The third-order valence-corrected chi connectivity index (χ3v) is 4.32. The Kier molecular flexibility index (Phi) is 4.40. The van der Waals surface area contributed by atoms with Gasteiger partial charge in [-0.1, -0.05) is 0 Å². The van der Waals surface area contributed by atoms with E-state index in [1.807, 2.05) is 23.2 Å². The van der Waals surface area contributed by atoms with E-state index in [9.17, 15) is 0 Å². The predicted octanol–water partition coefficient (Wildman–Crippen LogP) is 4.29. The Hall–Kier alpha value is -2.10. The van der Waals surface area contributed by atoms with Crippen LogP contribution in [0, 0.1) is 41.5 Å². The molecule has 0 aliphatic rings. The average molecular weight is 298 g/mol. The fourth-order valence-electron chi connectivity index (χ4n) is 2.57. The third-order valence-electron chi connectivity index (χ3n) is 4.32. The first kappa shape index (κ1) is 16.3. The van der Waals surface area contributed by atoms with Crippen LogP contribution in [-0.2, 0) is 0 Å². The van der Waals surface area contributed by atoms with Crippen LogP contribution in [0.4, 0.5) is 0 Å². The van der Waals surface area contributed by atoms with Gasteiger partial charge in [0.05, 0.1) is 11.4 Å². The number of nitrogens with zero attached hydrogens (tertiary/aromatic N) is 4. The van der Waals surface area contributed by atoms with Gasteiger partial charge < -0.3 is 0 Å². The van der Waals surface area contributed by atoms with Crippen LogP contribution in [0.5, 0.6) is 0 Å². The minimum absolute atomic E-state index is 0.923. The van der Waals surface area contributed by atoms with Crippen molar-refractivity contribution in [2.24, 2.45) is 10.2 Å². The van der Waals surface area contributed by atoms with Crippen molar-refractivity contribution in [1.29, 1.82) is 0 Å². The summed E-state index contributed by atoms with van der Waals surface area (Å²) in [6.07, 6.45) is 0. The molecular weight excluding hydrogens is 272 g/mol. The van der Waals surface area contributed by atoms with E-state index in [4.69, 9.17) is 10.2 Å². The molecular formula is C18H26N4. The van der Waals surface area contributed by atoms with E-state index in [1.165, 1.54) is 22.5 Å². The van der Waals surface area contributed by atoms with Gasteiger partial charge in [0.15, 0.2) is 0 Å². The quantitative estimate of drug-likeness (QED) is 0.758. The van der Waals surface area contributed by atoms with E-state index in [0.717, 1.165) is 22.8 Å². The van der Waals surface area contributed by atoms with Gasteiger partial charge in [-0.3, -0.25) is 0 Å². The van der Waals surface area contributed by atoms with Crippen LogP contribution in [0.1, 0.15) is 47.8 Å². The first-order chi connectivity index (χ1) is 10.2. The third kappa shape index (κ3) is 2.91. The summed E-state index contributed by atoms with van der Waals surface area (Å²) in [6, 6.07) is 4.31. The minimum atomic E-state index is 0.923. The molecule has 4 nitrogen and oxygen atoms in total. The van der Waals surface area contributed by atoms with Gasteiger partial charge >= 0.3 is 0 Å². The lowest BCUT2D eigenvalue weighted by molar-refractivity contribution is 0.802. The van der Waals surface area contributed by atoms with Gasteiger partial charge in [-0.25, -0.2) is 9.35 Å². The molecule has 0 N–H and O–H groups in total. The number of hydrogen-bond acceptors (Lipinski definition) is 2. The normalized spacial score (nSPS) is 13.1. The first-order valence-electron chi connectivity index (χ1n) is 7.65. The van der Waals surface area contributed by atoms with Crippen LogP contribution >= 0.6 is 0 Å². The molecule has 0 fully saturated rings. The standard InChI is InChI=1S/C18H26N4/c1-11-9-13(3)21(17(11)7)19-15(5)16(6)20-22-14(4)10-12(2)18(22)8/h9-10H,1-8H3/b19-15+,20-16+. The molecule has 2 rings (SSSR count). The molecule has 0 aliphatic carbocycles. The number of aromatic nitrogens is 2. The van der Waals surface area contributed by atoms with Gasteiger partial charge in [0, 0.05) is 22.8 Å². The van der Waals surface area contributed by atoms with E-state index >= 15 is 0 Å². The maximum absolute atomic E-state index is 4.73. The van der Waals surface area contributed by atoms with Crippen molar-refractivity contribution in [2.75, 3.05) is 0 Å². The van der Waals surface area contributed by atoms with Crippen molar-refractivity contribution in [3.8, 4) is 0 Å². The molecule has 118 valence electrons. The molecule has 0 bridgehead atoms. The van der Waals surface area contributed by atoms with Gasteiger partial charge in [0.25, 0.3) is 0 Å². The fraction of sp³-hybridized carbons (Fsp3) is 0.444. The smallest absolute Gasteiger partial charge is 0.0812 e. The zero-order chi connectivity index (χ0) is 16.6. The second-order valence-corrected chi connectivity index (χ2v) is 6.10. The van der Waals surface area contributed by atoms with Crippen LogP contribution in [0.25, 0.3) is 0 Å². The molecule has 0 aromatic carbocycles. The number of aryl methyl sites for hydroxylation is 4. The van der Waals surface area contributed by atoms with Crippen molar-refractivity contribution in [1.82, 2.24) is 9.35 Å². The van der Waals surface area contributed by atoms with Gasteiger partial charge in [-0.2, -0.15) is 10.2 Å². The highest BCUT2D eigenvalue weighted by Crippen LogP contribution is 2.15. The summed E-state index contributed by atoms with van der Waals surface area (Å²) in [6.45, 7) is 16.6. The van der Waals surface area contributed by atoms with Crippen LogP contribution in [0.2, 0.25) is 0 Å². The zero-order valence-electron chi connectivity index (χ0n) is 14.9. The molecule has 2 aromatic heterocycles. The molecule has 22 heavy (non-hydrogen) atoms. The molecule has 0 amide bonds. The van der Waals surface area contributed by atoms with Crippen LogP contribution in [0.3, 0.4) is 0 Å². The van der Waals surface area contributed by atoms with Gasteiger partial charge in [0.2, 0.25) is 0 Å². The Balaban J connectivity index is 2.42. The Morgan fingerprint density at radius 1 is 0.682 bits per heavy atom. The molecule has 0 unspecified atom stereocenters. The summed E-state index contributed by atoms with van der Waals surface area (Å²) in [5.41, 5.74) is 9.01. The molecule has 0 saturated carbocycles. The summed E-state index contributed by atoms with van der Waals surface area (Å²) in [7, 11) is 0. The summed E-state index contributed by atoms with van der Waals surface area (Å²) in [4.78, 5) is 0. The summed E-state index contributed by atoms with van der Waals surface area (Å²) < 4.78 is 3.98. The van der Waals surface area contributed by atoms with E-state index in [2.05, 4.69) is 53.7 Å². The molecule has 2 heterocycles. The van der Waals surface area contributed by atoms with Crippen molar-refractivity contribution in [2.45, 2.75) is 55.4 Å². The van der Waals surface area contributed by atoms with Crippen LogP contribution < -0.4 is 0 Å². The summed E-state index contributed by atoms with van der Waals surface area (Å²) >= 11 is 0. The molecule has 0 saturated heterocycles. The largest absolute Gasteiger partial charge is 0.242 e. The summed E-state index contributed by atoms with van der Waals surface area (Å²) in [5.74, 6) is 0. The Bertz CT molecular complexity index is 703. The lowest BCUT2D eigenvalue weighted by atomic mass is 10.3. The topological polar surface area (TPSA) is 34.6 Å². The van der Waals surface area contributed by atoms with Crippen LogP contribution in [-0.4, -0.2) is 20.8 Å². The first-order valence-corrected chi connectivity index (χ1v) is 7.65. The minimum Gasteiger partial charge on any atom is -0.242 e. The monoisotopic (exact) mass is 298 g/mol. The molecule has 0 spiro atoms. The molecule has 0 atom stereocenters. The second kappa shape index (κ2) is 5.95. The Labute approximate surface area is 133 Å². The average Bonchev–Trinajstić information content (AvgIpc) is 2.82.